The van der Waals surface area contributed by atoms with Crippen molar-refractivity contribution in [2.75, 3.05) is 27.7 Å². The Hall–Kier alpha value is -0.430. The number of likely N-dealkylation sites (N-methyl/N-ethyl adjacent to an activating group) is 1. The van der Waals surface area contributed by atoms with Crippen molar-refractivity contribution in [2.45, 2.75) is 43.9 Å². The highest BCUT2D eigenvalue weighted by Crippen LogP contribution is 2.42. The quantitative estimate of drug-likeness (QED) is 0.859. The number of ether oxygens (including phenoxy) is 1. The Labute approximate surface area is 129 Å². The number of rotatable bonds is 6. The first-order valence-corrected chi connectivity index (χ1v) is 7.96. The van der Waals surface area contributed by atoms with E-state index in [2.05, 4.69) is 40.0 Å². The van der Waals surface area contributed by atoms with Crippen LogP contribution in [0.15, 0.2) is 10.7 Å². The molecular formula is C14H25BrN4O. The first kappa shape index (κ1) is 15.9. The standard InChI is InChI=1S/C14H25BrN4O/c1-18(2)8-9-19-12(11(15)10-17-19)13(16)14(20-3)6-4-5-7-14/h10,13H,4-9,16H2,1-3H3. The van der Waals surface area contributed by atoms with E-state index in [1.165, 1.54) is 12.8 Å². The zero-order valence-electron chi connectivity index (χ0n) is 12.6. The summed E-state index contributed by atoms with van der Waals surface area (Å²) in [4.78, 5) is 2.15. The molecule has 1 atom stereocenters. The Morgan fingerprint density at radius 1 is 1.50 bits per heavy atom. The summed E-state index contributed by atoms with van der Waals surface area (Å²) in [5.41, 5.74) is 7.38. The van der Waals surface area contributed by atoms with Crippen LogP contribution in [0.4, 0.5) is 0 Å². The Morgan fingerprint density at radius 2 is 2.15 bits per heavy atom. The highest BCUT2D eigenvalue weighted by Gasteiger charge is 2.42. The van der Waals surface area contributed by atoms with E-state index < -0.39 is 0 Å². The topological polar surface area (TPSA) is 56.3 Å². The summed E-state index contributed by atoms with van der Waals surface area (Å²) in [5.74, 6) is 0. The lowest BCUT2D eigenvalue weighted by Gasteiger charge is -2.34. The number of nitrogens with two attached hydrogens (primary N) is 1. The molecule has 0 aromatic carbocycles. The molecule has 1 saturated carbocycles. The van der Waals surface area contributed by atoms with Crippen molar-refractivity contribution in [3.63, 3.8) is 0 Å². The first-order valence-electron chi connectivity index (χ1n) is 7.17. The van der Waals surface area contributed by atoms with Crippen molar-refractivity contribution < 1.29 is 4.74 Å². The Balaban J connectivity index is 2.24. The van der Waals surface area contributed by atoms with Crippen molar-refractivity contribution in [3.05, 3.63) is 16.4 Å². The van der Waals surface area contributed by atoms with Gasteiger partial charge in [0.05, 0.1) is 34.6 Å². The van der Waals surface area contributed by atoms with Crippen molar-refractivity contribution in [1.82, 2.24) is 14.7 Å². The van der Waals surface area contributed by atoms with Gasteiger partial charge in [0, 0.05) is 13.7 Å². The third kappa shape index (κ3) is 3.08. The summed E-state index contributed by atoms with van der Waals surface area (Å²) in [6.45, 7) is 1.77. The maximum absolute atomic E-state index is 6.57. The Kier molecular flexibility index (Phi) is 5.23. The minimum absolute atomic E-state index is 0.144. The lowest BCUT2D eigenvalue weighted by molar-refractivity contribution is -0.0286. The molecule has 0 saturated heterocycles. The average Bonchev–Trinajstić information content (AvgIpc) is 3.03. The molecule has 5 nitrogen and oxygen atoms in total. The predicted molar refractivity (Wildman–Crippen MR) is 83.6 cm³/mol. The van der Waals surface area contributed by atoms with Crippen LogP contribution in [0.2, 0.25) is 0 Å². The largest absolute Gasteiger partial charge is 0.376 e. The molecule has 1 unspecified atom stereocenters. The SMILES string of the molecule is COC1(C(N)c2c(Br)cnn2CCN(C)C)CCCC1. The van der Waals surface area contributed by atoms with Crippen LogP contribution in [0, 0.1) is 0 Å². The zero-order valence-corrected chi connectivity index (χ0v) is 14.2. The average molecular weight is 345 g/mol. The van der Waals surface area contributed by atoms with Crippen LogP contribution < -0.4 is 5.73 Å². The normalized spacial score (nSPS) is 19.7. The van der Waals surface area contributed by atoms with Crippen molar-refractivity contribution >= 4 is 15.9 Å². The molecular weight excluding hydrogens is 320 g/mol. The van der Waals surface area contributed by atoms with Crippen LogP contribution in [0.5, 0.6) is 0 Å². The van der Waals surface area contributed by atoms with Crippen LogP contribution in [0.1, 0.15) is 37.4 Å². The fraction of sp³-hybridized carbons (Fsp3) is 0.786. The molecule has 6 heteroatoms. The third-order valence-electron chi connectivity index (χ3n) is 4.31. The smallest absolute Gasteiger partial charge is 0.0886 e. The molecule has 1 heterocycles. The molecule has 0 bridgehead atoms. The minimum atomic E-state index is -0.238. The van der Waals surface area contributed by atoms with Crippen LogP contribution >= 0.6 is 15.9 Å². The number of nitrogens with zero attached hydrogens (tertiary/aromatic N) is 3. The van der Waals surface area contributed by atoms with Gasteiger partial charge >= 0.3 is 0 Å². The molecule has 2 N–H and O–H groups in total. The van der Waals surface area contributed by atoms with E-state index in [1.807, 2.05) is 10.9 Å². The maximum Gasteiger partial charge on any atom is 0.0886 e. The summed E-state index contributed by atoms with van der Waals surface area (Å²) in [7, 11) is 5.90. The second kappa shape index (κ2) is 6.56. The fourth-order valence-corrected chi connectivity index (χ4v) is 3.56. The second-order valence-electron chi connectivity index (χ2n) is 5.86. The monoisotopic (exact) mass is 344 g/mol. The van der Waals surface area contributed by atoms with Gasteiger partial charge in [-0.15, -0.1) is 0 Å². The number of hydrogen-bond donors (Lipinski definition) is 1. The molecule has 1 aliphatic rings. The maximum atomic E-state index is 6.57. The van der Waals surface area contributed by atoms with Crippen molar-refractivity contribution in [2.24, 2.45) is 5.73 Å². The van der Waals surface area contributed by atoms with Gasteiger partial charge in [-0.1, -0.05) is 12.8 Å². The fourth-order valence-electron chi connectivity index (χ4n) is 3.02. The Morgan fingerprint density at radius 3 is 2.70 bits per heavy atom. The molecule has 0 aliphatic heterocycles. The van der Waals surface area contributed by atoms with Crippen LogP contribution in [0.25, 0.3) is 0 Å². The van der Waals surface area contributed by atoms with Gasteiger partial charge in [0.1, 0.15) is 0 Å². The van der Waals surface area contributed by atoms with Gasteiger partial charge in [-0.25, -0.2) is 0 Å². The third-order valence-corrected chi connectivity index (χ3v) is 4.92. The van der Waals surface area contributed by atoms with E-state index in [1.54, 1.807) is 7.11 Å². The molecule has 0 spiro atoms. The Bertz CT molecular complexity index is 440. The first-order chi connectivity index (χ1) is 9.50. The molecule has 1 aliphatic carbocycles. The molecule has 0 amide bonds. The molecule has 1 fully saturated rings. The molecule has 0 radical (unpaired) electrons. The number of methoxy groups -OCH3 is 1. The molecule has 2 rings (SSSR count). The van der Waals surface area contributed by atoms with Crippen LogP contribution in [-0.4, -0.2) is 48.0 Å². The summed E-state index contributed by atoms with van der Waals surface area (Å²) < 4.78 is 8.81. The van der Waals surface area contributed by atoms with Gasteiger partial charge in [0.25, 0.3) is 0 Å². The van der Waals surface area contributed by atoms with Crippen molar-refractivity contribution in [3.8, 4) is 0 Å². The van der Waals surface area contributed by atoms with Crippen LogP contribution in [-0.2, 0) is 11.3 Å². The van der Waals surface area contributed by atoms with Gasteiger partial charge in [0.15, 0.2) is 0 Å². The van der Waals surface area contributed by atoms with E-state index in [-0.39, 0.29) is 11.6 Å². The summed E-state index contributed by atoms with van der Waals surface area (Å²) in [6.07, 6.45) is 6.26. The minimum Gasteiger partial charge on any atom is -0.376 e. The van der Waals surface area contributed by atoms with E-state index in [9.17, 15) is 0 Å². The van der Waals surface area contributed by atoms with Gasteiger partial charge in [0.2, 0.25) is 0 Å². The van der Waals surface area contributed by atoms with E-state index in [0.29, 0.717) is 0 Å². The summed E-state index contributed by atoms with van der Waals surface area (Å²) >= 11 is 3.59. The molecule has 1 aromatic heterocycles. The summed E-state index contributed by atoms with van der Waals surface area (Å²) in [6, 6.07) is -0.144. The lowest BCUT2D eigenvalue weighted by atomic mass is 9.90. The lowest BCUT2D eigenvalue weighted by Crippen LogP contribution is -2.42. The highest BCUT2D eigenvalue weighted by molar-refractivity contribution is 9.10. The van der Waals surface area contributed by atoms with Gasteiger partial charge in [-0.05, 0) is 42.9 Å². The molecule has 20 heavy (non-hydrogen) atoms. The van der Waals surface area contributed by atoms with Crippen molar-refractivity contribution in [1.29, 1.82) is 0 Å². The van der Waals surface area contributed by atoms with E-state index in [4.69, 9.17) is 10.5 Å². The van der Waals surface area contributed by atoms with Gasteiger partial charge in [-0.2, -0.15) is 5.10 Å². The van der Waals surface area contributed by atoms with E-state index in [0.717, 1.165) is 36.1 Å². The van der Waals surface area contributed by atoms with E-state index >= 15 is 0 Å². The van der Waals surface area contributed by atoms with Gasteiger partial charge < -0.3 is 15.4 Å². The summed E-state index contributed by atoms with van der Waals surface area (Å²) in [5, 5.41) is 4.45. The molecule has 114 valence electrons. The van der Waals surface area contributed by atoms with Crippen LogP contribution in [0.3, 0.4) is 0 Å². The zero-order chi connectivity index (χ0) is 14.8. The number of hydrogen-bond acceptors (Lipinski definition) is 4. The number of aromatic nitrogens is 2. The molecule has 1 aromatic rings. The number of halogens is 1. The predicted octanol–water partition coefficient (Wildman–Crippen LogP) is 2.17. The second-order valence-corrected chi connectivity index (χ2v) is 6.71. The van der Waals surface area contributed by atoms with Gasteiger partial charge in [-0.3, -0.25) is 4.68 Å². The highest BCUT2D eigenvalue weighted by atomic mass is 79.9.